The van der Waals surface area contributed by atoms with Gasteiger partial charge in [-0.1, -0.05) is 41.9 Å². The minimum Gasteiger partial charge on any atom is -0.273 e. The van der Waals surface area contributed by atoms with E-state index in [2.05, 4.69) is 0 Å². The molecule has 3 aromatic rings. The highest BCUT2D eigenvalue weighted by atomic mass is 35.5. The molecule has 160 valence electrons. The molecule has 0 aromatic heterocycles. The Morgan fingerprint density at radius 2 is 1.59 bits per heavy atom. The van der Waals surface area contributed by atoms with Gasteiger partial charge in [-0.2, -0.15) is 0 Å². The number of nitro groups is 1. The van der Waals surface area contributed by atoms with Gasteiger partial charge in [-0.25, -0.2) is 9.96 Å². The first-order valence-electron chi connectivity index (χ1n) is 9.84. The molecule has 2 heterocycles. The third-order valence-corrected chi connectivity index (χ3v) is 5.87. The fourth-order valence-electron chi connectivity index (χ4n) is 4.22. The number of rotatable bonds is 4. The van der Waals surface area contributed by atoms with Crippen molar-refractivity contribution in [2.75, 3.05) is 9.96 Å². The molecule has 3 unspecified atom stereocenters. The molecule has 0 radical (unpaired) electrons. The Morgan fingerprint density at radius 1 is 0.875 bits per heavy atom. The summed E-state index contributed by atoms with van der Waals surface area (Å²) in [5, 5.41) is 13.0. The summed E-state index contributed by atoms with van der Waals surface area (Å²) >= 11 is 6.21. The molecular weight excluding hydrogens is 434 g/mol. The molecular formula is C23H16ClN3O5. The summed E-state index contributed by atoms with van der Waals surface area (Å²) in [6, 6.07) is 21.0. The maximum Gasteiger partial charge on any atom is 0.269 e. The van der Waals surface area contributed by atoms with Crippen molar-refractivity contribution in [2.24, 2.45) is 5.92 Å². The number of amides is 2. The summed E-state index contributed by atoms with van der Waals surface area (Å²) < 4.78 is 0. The molecule has 2 saturated heterocycles. The molecule has 0 bridgehead atoms. The van der Waals surface area contributed by atoms with Gasteiger partial charge in [-0.15, -0.1) is 0 Å². The Morgan fingerprint density at radius 3 is 2.25 bits per heavy atom. The highest BCUT2D eigenvalue weighted by molar-refractivity contribution is 6.30. The molecule has 0 spiro atoms. The van der Waals surface area contributed by atoms with Gasteiger partial charge in [0.05, 0.1) is 22.3 Å². The number of para-hydroxylation sites is 1. The number of nitrogens with zero attached hydrogens (tertiary/aromatic N) is 3. The smallest absolute Gasteiger partial charge is 0.269 e. The van der Waals surface area contributed by atoms with Crippen molar-refractivity contribution in [3.05, 3.63) is 99.6 Å². The lowest BCUT2D eigenvalue weighted by molar-refractivity contribution is -0.384. The van der Waals surface area contributed by atoms with Crippen LogP contribution in [-0.2, 0) is 14.4 Å². The molecule has 5 rings (SSSR count). The van der Waals surface area contributed by atoms with Crippen molar-refractivity contribution in [1.82, 2.24) is 0 Å². The summed E-state index contributed by atoms with van der Waals surface area (Å²) in [6.07, 6.45) is -1.03. The van der Waals surface area contributed by atoms with Crippen molar-refractivity contribution in [1.29, 1.82) is 0 Å². The number of nitro benzene ring substituents is 1. The third kappa shape index (κ3) is 3.21. The van der Waals surface area contributed by atoms with Crippen LogP contribution < -0.4 is 9.96 Å². The quantitative estimate of drug-likeness (QED) is 0.335. The molecule has 0 saturated carbocycles. The van der Waals surface area contributed by atoms with E-state index < -0.39 is 34.8 Å². The van der Waals surface area contributed by atoms with Gasteiger partial charge < -0.3 is 0 Å². The Hall–Kier alpha value is -3.75. The first-order chi connectivity index (χ1) is 15.5. The average Bonchev–Trinajstić information content (AvgIpc) is 3.30. The topological polar surface area (TPSA) is 93.0 Å². The predicted molar refractivity (Wildman–Crippen MR) is 117 cm³/mol. The molecule has 3 atom stereocenters. The van der Waals surface area contributed by atoms with E-state index in [9.17, 15) is 19.7 Å². The van der Waals surface area contributed by atoms with Crippen LogP contribution in [0.25, 0.3) is 0 Å². The number of benzene rings is 3. The fourth-order valence-corrected chi connectivity index (χ4v) is 4.42. The zero-order valence-electron chi connectivity index (χ0n) is 16.5. The molecule has 3 aromatic carbocycles. The average molecular weight is 450 g/mol. The maximum absolute atomic E-state index is 13.5. The number of carbonyl (C=O) groups excluding carboxylic acids is 2. The summed E-state index contributed by atoms with van der Waals surface area (Å²) in [4.78, 5) is 44.2. The molecule has 2 aliphatic rings. The number of anilines is 2. The van der Waals surface area contributed by atoms with Crippen molar-refractivity contribution in [3.63, 3.8) is 0 Å². The molecule has 8 nitrogen and oxygen atoms in total. The van der Waals surface area contributed by atoms with Gasteiger partial charge >= 0.3 is 0 Å². The van der Waals surface area contributed by atoms with E-state index in [0.29, 0.717) is 10.7 Å². The number of halogens is 1. The number of hydrogen-bond donors (Lipinski definition) is 0. The van der Waals surface area contributed by atoms with Crippen LogP contribution in [0.3, 0.4) is 0 Å². The van der Waals surface area contributed by atoms with E-state index in [4.69, 9.17) is 16.4 Å². The maximum atomic E-state index is 13.5. The highest BCUT2D eigenvalue weighted by Crippen LogP contribution is 2.47. The van der Waals surface area contributed by atoms with Crippen LogP contribution in [0.15, 0.2) is 78.9 Å². The molecule has 32 heavy (non-hydrogen) atoms. The van der Waals surface area contributed by atoms with Crippen LogP contribution >= 0.6 is 11.6 Å². The van der Waals surface area contributed by atoms with Crippen molar-refractivity contribution in [2.45, 2.75) is 12.1 Å². The Bertz CT molecular complexity index is 1220. The second kappa shape index (κ2) is 7.74. The van der Waals surface area contributed by atoms with Crippen LogP contribution in [0.4, 0.5) is 17.1 Å². The zero-order valence-corrected chi connectivity index (χ0v) is 17.3. The number of non-ortho nitro benzene ring substituents is 1. The van der Waals surface area contributed by atoms with Gasteiger partial charge in [0.1, 0.15) is 5.92 Å². The lowest BCUT2D eigenvalue weighted by Crippen LogP contribution is -2.37. The standard InChI is InChI=1S/C23H16ClN3O5/c24-15-6-4-5-14(13-15)20-19-21(32-26(20)17-7-2-1-3-8-17)23(29)25(22(19)28)16-9-11-18(12-10-16)27(30)31/h1-13,19-21H. The lowest BCUT2D eigenvalue weighted by Gasteiger charge is -2.28. The number of imide groups is 1. The minimum atomic E-state index is -1.03. The van der Waals surface area contributed by atoms with Crippen molar-refractivity contribution >= 4 is 40.5 Å². The Balaban J connectivity index is 1.56. The van der Waals surface area contributed by atoms with E-state index >= 15 is 0 Å². The van der Waals surface area contributed by atoms with E-state index in [1.165, 1.54) is 24.3 Å². The van der Waals surface area contributed by atoms with Crippen LogP contribution in [0.1, 0.15) is 11.6 Å². The van der Waals surface area contributed by atoms with E-state index in [1.807, 2.05) is 36.4 Å². The number of hydrogen-bond acceptors (Lipinski definition) is 6. The fraction of sp³-hybridized carbons (Fsp3) is 0.130. The second-order valence-electron chi connectivity index (χ2n) is 7.50. The summed E-state index contributed by atoms with van der Waals surface area (Å²) in [6.45, 7) is 0. The van der Waals surface area contributed by atoms with Crippen LogP contribution in [0.2, 0.25) is 5.02 Å². The van der Waals surface area contributed by atoms with Gasteiger partial charge in [0.15, 0.2) is 6.10 Å². The predicted octanol–water partition coefficient (Wildman–Crippen LogP) is 4.30. The first kappa shape index (κ1) is 20.2. The molecule has 0 aliphatic carbocycles. The van der Waals surface area contributed by atoms with E-state index in [-0.39, 0.29) is 11.4 Å². The summed E-state index contributed by atoms with van der Waals surface area (Å²) in [5.74, 6) is -1.76. The van der Waals surface area contributed by atoms with Gasteiger partial charge in [-0.05, 0) is 42.0 Å². The Labute approximate surface area is 187 Å². The summed E-state index contributed by atoms with van der Waals surface area (Å²) in [5.41, 5.74) is 1.57. The van der Waals surface area contributed by atoms with Gasteiger partial charge in [0.2, 0.25) is 5.91 Å². The Kier molecular flexibility index (Phi) is 4.88. The zero-order chi connectivity index (χ0) is 22.4. The normalized spacial score (nSPS) is 22.3. The van der Waals surface area contributed by atoms with Crippen molar-refractivity contribution in [3.8, 4) is 0 Å². The SMILES string of the molecule is O=C1C2ON(c3ccccc3)C(c3cccc(Cl)c3)C2C(=O)N1c1ccc([N+](=O)[O-])cc1. The molecule has 2 fully saturated rings. The highest BCUT2D eigenvalue weighted by Gasteiger charge is 2.60. The molecule has 0 N–H and O–H groups in total. The number of hydroxylamine groups is 1. The third-order valence-electron chi connectivity index (χ3n) is 5.64. The van der Waals surface area contributed by atoms with Crippen LogP contribution in [0.5, 0.6) is 0 Å². The number of fused-ring (bicyclic) bond motifs is 1. The largest absolute Gasteiger partial charge is 0.273 e. The van der Waals surface area contributed by atoms with Crippen LogP contribution in [0, 0.1) is 16.0 Å². The van der Waals surface area contributed by atoms with E-state index in [0.717, 1.165) is 10.5 Å². The molecule has 2 aliphatic heterocycles. The van der Waals surface area contributed by atoms with E-state index in [1.54, 1.807) is 23.3 Å². The first-order valence-corrected chi connectivity index (χ1v) is 10.2. The van der Waals surface area contributed by atoms with Gasteiger partial charge in [0, 0.05) is 17.2 Å². The van der Waals surface area contributed by atoms with Gasteiger partial charge in [-0.3, -0.25) is 24.5 Å². The second-order valence-corrected chi connectivity index (χ2v) is 7.93. The molecule has 2 amide bonds. The number of carbonyl (C=O) groups is 2. The van der Waals surface area contributed by atoms with Crippen LogP contribution in [-0.4, -0.2) is 22.8 Å². The lowest BCUT2D eigenvalue weighted by atomic mass is 9.90. The minimum absolute atomic E-state index is 0.128. The summed E-state index contributed by atoms with van der Waals surface area (Å²) in [7, 11) is 0. The monoisotopic (exact) mass is 449 g/mol. The van der Waals surface area contributed by atoms with Gasteiger partial charge in [0.25, 0.3) is 11.6 Å². The van der Waals surface area contributed by atoms with Crippen molar-refractivity contribution < 1.29 is 19.3 Å². The molecule has 9 heteroatoms.